The van der Waals surface area contributed by atoms with Crippen molar-refractivity contribution in [3.05, 3.63) is 63.0 Å². The first-order chi connectivity index (χ1) is 16.1. The molecule has 0 bridgehead atoms. The van der Waals surface area contributed by atoms with Gasteiger partial charge in [0.05, 0.1) is 5.69 Å². The zero-order valence-electron chi connectivity index (χ0n) is 21.3. The van der Waals surface area contributed by atoms with Crippen LogP contribution in [0.1, 0.15) is 46.6 Å². The zero-order valence-corrected chi connectivity index (χ0v) is 21.3. The number of carbonyl (C=O) groups is 1. The number of amides is 1. The summed E-state index contributed by atoms with van der Waals surface area (Å²) in [6.45, 7) is 11.9. The molecule has 9 heteroatoms. The summed E-state index contributed by atoms with van der Waals surface area (Å²) in [7, 11) is 5.10. The van der Waals surface area contributed by atoms with Gasteiger partial charge >= 0.3 is 5.69 Å². The molecule has 0 radical (unpaired) electrons. The van der Waals surface area contributed by atoms with Crippen LogP contribution in [-0.2, 0) is 21.1 Å². The predicted octanol–water partition coefficient (Wildman–Crippen LogP) is 4.31. The second-order valence-electron chi connectivity index (χ2n) is 7.98. The molecule has 1 N–H and O–H groups in total. The lowest BCUT2D eigenvalue weighted by molar-refractivity contribution is 0.101. The molecular formula is C25H32N6O3. The van der Waals surface area contributed by atoms with E-state index in [-0.39, 0.29) is 11.6 Å². The summed E-state index contributed by atoms with van der Waals surface area (Å²) >= 11 is 0. The lowest BCUT2D eigenvalue weighted by Crippen LogP contribution is -2.19. The molecule has 9 nitrogen and oxygen atoms in total. The molecular weight excluding hydrogens is 432 g/mol. The van der Waals surface area contributed by atoms with Gasteiger partial charge in [-0.15, -0.1) is 0 Å². The molecule has 4 rings (SSSR count). The van der Waals surface area contributed by atoms with Crippen molar-refractivity contribution in [3.63, 3.8) is 0 Å². The normalized spacial score (nSPS) is 10.7. The summed E-state index contributed by atoms with van der Waals surface area (Å²) in [5.74, 6) is 0.910. The number of hydrogen-bond donors (Lipinski definition) is 1. The highest BCUT2D eigenvalue weighted by Gasteiger charge is 2.22. The van der Waals surface area contributed by atoms with Crippen molar-refractivity contribution in [3.8, 4) is 11.5 Å². The molecule has 0 atom stereocenters. The predicted molar refractivity (Wildman–Crippen MR) is 134 cm³/mol. The Bertz CT molecular complexity index is 1440. The molecule has 180 valence electrons. The van der Waals surface area contributed by atoms with Crippen LogP contribution in [0, 0.1) is 27.7 Å². The van der Waals surface area contributed by atoms with E-state index in [0.717, 1.165) is 22.3 Å². The third-order valence-electron chi connectivity index (χ3n) is 6.16. The van der Waals surface area contributed by atoms with Crippen LogP contribution in [0.25, 0.3) is 11.2 Å². The summed E-state index contributed by atoms with van der Waals surface area (Å²) in [6.07, 6.45) is 3.20. The number of aromatic nitrogens is 5. The van der Waals surface area contributed by atoms with Gasteiger partial charge in [0.15, 0.2) is 11.4 Å². The maximum atomic E-state index is 12.9. The Morgan fingerprint density at radius 1 is 0.912 bits per heavy atom. The Kier molecular flexibility index (Phi) is 6.95. The number of anilines is 1. The van der Waals surface area contributed by atoms with E-state index in [2.05, 4.69) is 15.4 Å². The number of carbonyl (C=O) groups excluding carboxylic acids is 1. The second kappa shape index (κ2) is 9.54. The molecule has 0 aliphatic heterocycles. The fourth-order valence-corrected chi connectivity index (χ4v) is 4.02. The quantitative estimate of drug-likeness (QED) is 0.486. The lowest BCUT2D eigenvalue weighted by atomic mass is 9.96. The van der Waals surface area contributed by atoms with Crippen LogP contribution in [0.4, 0.5) is 5.69 Å². The standard InChI is InChI=1S/C23H26N6O3.C2H6/c1-12-13(2)18(26-22(30)16-8-11-25-29(16)7)15(4)20(14(12)3)32-17-9-10-24-21-19(17)27(5)23(31)28(21)6;1-2/h8-11H,1-7H3,(H,26,30);1-2H3. The van der Waals surface area contributed by atoms with Crippen LogP contribution in [0.3, 0.4) is 0 Å². The Labute approximate surface area is 199 Å². The van der Waals surface area contributed by atoms with Gasteiger partial charge in [0.2, 0.25) is 0 Å². The molecule has 0 fully saturated rings. The topological polar surface area (TPSA) is 96.0 Å². The number of nitrogens with zero attached hydrogens (tertiary/aromatic N) is 5. The molecule has 34 heavy (non-hydrogen) atoms. The van der Waals surface area contributed by atoms with Crippen molar-refractivity contribution < 1.29 is 9.53 Å². The van der Waals surface area contributed by atoms with Gasteiger partial charge in [0.1, 0.15) is 17.0 Å². The summed E-state index contributed by atoms with van der Waals surface area (Å²) in [6, 6.07) is 3.41. The molecule has 1 amide bonds. The van der Waals surface area contributed by atoms with E-state index in [1.165, 1.54) is 13.8 Å². The van der Waals surface area contributed by atoms with Gasteiger partial charge in [-0.3, -0.25) is 18.6 Å². The van der Waals surface area contributed by atoms with Crippen LogP contribution in [0.15, 0.2) is 29.3 Å². The van der Waals surface area contributed by atoms with Gasteiger partial charge in [-0.25, -0.2) is 9.78 Å². The van der Waals surface area contributed by atoms with E-state index >= 15 is 0 Å². The highest BCUT2D eigenvalue weighted by Crippen LogP contribution is 2.40. The van der Waals surface area contributed by atoms with E-state index in [9.17, 15) is 9.59 Å². The van der Waals surface area contributed by atoms with Crippen LogP contribution in [0.5, 0.6) is 11.5 Å². The average Bonchev–Trinajstić information content (AvgIpc) is 3.37. The number of rotatable bonds is 4. The van der Waals surface area contributed by atoms with Crippen molar-refractivity contribution >= 4 is 22.8 Å². The number of ether oxygens (including phenoxy) is 1. The SMILES string of the molecule is CC.Cc1c(C)c(NC(=O)c2ccnn2C)c(C)c(Oc2ccnc3c2n(C)c(=O)n3C)c1C. The highest BCUT2D eigenvalue weighted by molar-refractivity contribution is 6.04. The first-order valence-electron chi connectivity index (χ1n) is 11.2. The molecule has 0 saturated carbocycles. The number of pyridine rings is 1. The monoisotopic (exact) mass is 464 g/mol. The first-order valence-corrected chi connectivity index (χ1v) is 11.2. The van der Waals surface area contributed by atoms with E-state index < -0.39 is 0 Å². The van der Waals surface area contributed by atoms with Gasteiger partial charge < -0.3 is 10.1 Å². The summed E-state index contributed by atoms with van der Waals surface area (Å²) in [5, 5.41) is 7.10. The van der Waals surface area contributed by atoms with Crippen molar-refractivity contribution in [2.75, 3.05) is 5.32 Å². The van der Waals surface area contributed by atoms with Crippen molar-refractivity contribution in [2.24, 2.45) is 21.1 Å². The molecule has 4 aromatic rings. The Morgan fingerprint density at radius 2 is 1.59 bits per heavy atom. The van der Waals surface area contributed by atoms with Gasteiger partial charge in [-0.1, -0.05) is 13.8 Å². The minimum atomic E-state index is -0.248. The van der Waals surface area contributed by atoms with Gasteiger partial charge in [0.25, 0.3) is 5.91 Å². The molecule has 0 unspecified atom stereocenters. The van der Waals surface area contributed by atoms with Gasteiger partial charge in [0, 0.05) is 45.2 Å². The molecule has 0 saturated heterocycles. The fraction of sp³-hybridized carbons (Fsp3) is 0.360. The fourth-order valence-electron chi connectivity index (χ4n) is 4.02. The van der Waals surface area contributed by atoms with Gasteiger partial charge in [-0.05, 0) is 50.5 Å². The van der Waals surface area contributed by atoms with Crippen LogP contribution in [0.2, 0.25) is 0 Å². The highest BCUT2D eigenvalue weighted by atomic mass is 16.5. The number of aryl methyl sites for hydroxylation is 3. The zero-order chi connectivity index (χ0) is 25.3. The number of benzene rings is 1. The molecule has 3 aromatic heterocycles. The van der Waals surface area contributed by atoms with Crippen molar-refractivity contribution in [1.29, 1.82) is 0 Å². The summed E-state index contributed by atoms with van der Waals surface area (Å²) in [4.78, 5) is 29.6. The second-order valence-corrected chi connectivity index (χ2v) is 7.98. The minimum Gasteiger partial charge on any atom is -0.454 e. The summed E-state index contributed by atoms with van der Waals surface area (Å²) < 4.78 is 10.9. The first kappa shape index (κ1) is 24.8. The van der Waals surface area contributed by atoms with Crippen LogP contribution in [-0.4, -0.2) is 29.8 Å². The average molecular weight is 465 g/mol. The third kappa shape index (κ3) is 3.98. The number of hydrogen-bond acceptors (Lipinski definition) is 5. The number of nitrogens with one attached hydrogen (secondary N) is 1. The van der Waals surface area contributed by atoms with E-state index in [4.69, 9.17) is 4.74 Å². The van der Waals surface area contributed by atoms with Crippen molar-refractivity contribution in [1.82, 2.24) is 23.9 Å². The third-order valence-corrected chi connectivity index (χ3v) is 6.16. The lowest BCUT2D eigenvalue weighted by Gasteiger charge is -2.21. The molecule has 1 aromatic carbocycles. The van der Waals surface area contributed by atoms with Crippen molar-refractivity contribution in [2.45, 2.75) is 41.5 Å². The Balaban J connectivity index is 0.00000158. The number of imidazole rings is 1. The molecule has 0 aliphatic carbocycles. The van der Waals surface area contributed by atoms with E-state index in [1.807, 2.05) is 41.5 Å². The van der Waals surface area contributed by atoms with Crippen LogP contribution >= 0.6 is 0 Å². The molecule has 0 spiro atoms. The van der Waals surface area contributed by atoms with E-state index in [1.54, 1.807) is 45.7 Å². The number of fused-ring (bicyclic) bond motifs is 1. The van der Waals surface area contributed by atoms with E-state index in [0.29, 0.717) is 34.0 Å². The van der Waals surface area contributed by atoms with Gasteiger partial charge in [-0.2, -0.15) is 5.10 Å². The molecule has 3 heterocycles. The maximum absolute atomic E-state index is 12.9. The van der Waals surface area contributed by atoms with Crippen LogP contribution < -0.4 is 15.7 Å². The smallest absolute Gasteiger partial charge is 0.329 e. The minimum absolute atomic E-state index is 0.179. The Morgan fingerprint density at radius 3 is 2.21 bits per heavy atom. The largest absolute Gasteiger partial charge is 0.454 e. The molecule has 0 aliphatic rings. The maximum Gasteiger partial charge on any atom is 0.329 e. The Hall–Kier alpha value is -3.88. The summed E-state index contributed by atoms with van der Waals surface area (Å²) in [5.41, 5.74) is 5.86.